The van der Waals surface area contributed by atoms with Gasteiger partial charge in [-0.15, -0.1) is 0 Å². The maximum Gasteiger partial charge on any atom is 0.317 e. The number of hydrogen-bond acceptors (Lipinski definition) is 2. The predicted octanol–water partition coefficient (Wildman–Crippen LogP) is 3.26. The minimum absolute atomic E-state index is 0.0847. The molecule has 2 fully saturated rings. The summed E-state index contributed by atoms with van der Waals surface area (Å²) in [7, 11) is 0. The standard InChI is InChI=1S/C19H22ClN3O3/c20-14-3-4-16-15(8-14)12(9-22-16)5-7-21-18(26)23-10-13-2-1-6-19(13,11-23)17(24)25/h3-4,8-9,13,22H,1-2,5-7,10-11H2,(H,21,26)(H,24,25)/t13-,19+/m0/s1. The van der Waals surface area contributed by atoms with Crippen molar-refractivity contribution in [1.82, 2.24) is 15.2 Å². The third-order valence-corrected chi connectivity index (χ3v) is 6.22. The first-order valence-electron chi connectivity index (χ1n) is 9.01. The van der Waals surface area contributed by atoms with Gasteiger partial charge in [-0.2, -0.15) is 0 Å². The Labute approximate surface area is 156 Å². The average Bonchev–Trinajstić information content (AvgIpc) is 3.27. The molecule has 2 amide bonds. The highest BCUT2D eigenvalue weighted by Crippen LogP contribution is 2.48. The number of carbonyl (C=O) groups excluding carboxylic acids is 1. The van der Waals surface area contributed by atoms with E-state index < -0.39 is 11.4 Å². The molecule has 6 nitrogen and oxygen atoms in total. The Kier molecular flexibility index (Phi) is 4.31. The van der Waals surface area contributed by atoms with Crippen molar-refractivity contribution in [2.75, 3.05) is 19.6 Å². The summed E-state index contributed by atoms with van der Waals surface area (Å²) in [4.78, 5) is 29.1. The summed E-state index contributed by atoms with van der Waals surface area (Å²) in [5, 5.41) is 14.3. The number of carbonyl (C=O) groups is 2. The molecule has 1 aromatic heterocycles. The molecule has 2 heterocycles. The van der Waals surface area contributed by atoms with E-state index in [-0.39, 0.29) is 11.9 Å². The van der Waals surface area contributed by atoms with E-state index in [0.717, 1.165) is 29.3 Å². The van der Waals surface area contributed by atoms with Crippen LogP contribution in [-0.2, 0) is 11.2 Å². The topological polar surface area (TPSA) is 85.4 Å². The fourth-order valence-corrected chi connectivity index (χ4v) is 4.74. The maximum atomic E-state index is 12.5. The Balaban J connectivity index is 1.36. The molecule has 7 heteroatoms. The van der Waals surface area contributed by atoms with Gasteiger partial charge in [-0.05, 0) is 48.9 Å². The van der Waals surface area contributed by atoms with Crippen LogP contribution in [0.5, 0.6) is 0 Å². The number of hydrogen-bond donors (Lipinski definition) is 3. The van der Waals surface area contributed by atoms with E-state index in [9.17, 15) is 14.7 Å². The number of aliphatic carboxylic acids is 1. The van der Waals surface area contributed by atoms with Crippen molar-refractivity contribution >= 4 is 34.5 Å². The smallest absolute Gasteiger partial charge is 0.317 e. The zero-order valence-corrected chi connectivity index (χ0v) is 15.2. The van der Waals surface area contributed by atoms with Gasteiger partial charge in [0.05, 0.1) is 5.41 Å². The summed E-state index contributed by atoms with van der Waals surface area (Å²) in [6.45, 7) is 1.36. The SMILES string of the molecule is O=C(NCCc1c[nH]c2ccc(Cl)cc12)N1C[C@@H]2CCC[C@@]2(C(=O)O)C1. The number of amides is 2. The first kappa shape index (κ1) is 17.2. The Morgan fingerprint density at radius 1 is 1.42 bits per heavy atom. The summed E-state index contributed by atoms with van der Waals surface area (Å²) < 4.78 is 0. The van der Waals surface area contributed by atoms with E-state index in [1.54, 1.807) is 4.90 Å². The van der Waals surface area contributed by atoms with Gasteiger partial charge in [0.15, 0.2) is 0 Å². The van der Waals surface area contributed by atoms with Crippen LogP contribution in [0.15, 0.2) is 24.4 Å². The minimum atomic E-state index is -0.758. The molecular weight excluding hydrogens is 354 g/mol. The van der Waals surface area contributed by atoms with Crippen LogP contribution in [0, 0.1) is 11.3 Å². The Hall–Kier alpha value is -2.21. The van der Waals surface area contributed by atoms with Gasteiger partial charge in [-0.1, -0.05) is 18.0 Å². The largest absolute Gasteiger partial charge is 0.481 e. The Bertz CT molecular complexity index is 865. The number of H-pyrrole nitrogens is 1. The van der Waals surface area contributed by atoms with Crippen LogP contribution in [0.4, 0.5) is 4.79 Å². The summed E-state index contributed by atoms with van der Waals surface area (Å²) >= 11 is 6.07. The molecule has 2 atom stereocenters. The second-order valence-corrected chi connectivity index (χ2v) is 7.85. The first-order valence-corrected chi connectivity index (χ1v) is 9.39. The molecule has 0 spiro atoms. The number of aromatic amines is 1. The van der Waals surface area contributed by atoms with Crippen molar-refractivity contribution in [3.05, 3.63) is 35.0 Å². The van der Waals surface area contributed by atoms with Gasteiger partial charge in [-0.3, -0.25) is 4.79 Å². The minimum Gasteiger partial charge on any atom is -0.481 e. The molecule has 2 aromatic rings. The van der Waals surface area contributed by atoms with Gasteiger partial charge in [0.25, 0.3) is 0 Å². The number of urea groups is 1. The highest BCUT2D eigenvalue weighted by atomic mass is 35.5. The number of rotatable bonds is 4. The van der Waals surface area contributed by atoms with E-state index in [1.807, 2.05) is 24.4 Å². The molecule has 138 valence electrons. The molecule has 1 saturated carbocycles. The van der Waals surface area contributed by atoms with Crippen LogP contribution in [0.2, 0.25) is 5.02 Å². The van der Waals surface area contributed by atoms with Crippen molar-refractivity contribution < 1.29 is 14.7 Å². The van der Waals surface area contributed by atoms with Gasteiger partial charge >= 0.3 is 12.0 Å². The van der Waals surface area contributed by atoms with Crippen LogP contribution in [0.25, 0.3) is 10.9 Å². The molecule has 3 N–H and O–H groups in total. The number of nitrogens with zero attached hydrogens (tertiary/aromatic N) is 1. The van der Waals surface area contributed by atoms with E-state index in [1.165, 1.54) is 0 Å². The van der Waals surface area contributed by atoms with E-state index in [0.29, 0.717) is 37.5 Å². The number of carboxylic acids is 1. The highest BCUT2D eigenvalue weighted by molar-refractivity contribution is 6.31. The number of benzene rings is 1. The molecule has 1 aliphatic heterocycles. The molecule has 0 radical (unpaired) electrons. The summed E-state index contributed by atoms with van der Waals surface area (Å²) in [5.74, 6) is -0.674. The molecule has 0 unspecified atom stereocenters. The Morgan fingerprint density at radius 2 is 2.27 bits per heavy atom. The molecular formula is C19H22ClN3O3. The number of halogens is 1. The van der Waals surface area contributed by atoms with Crippen LogP contribution in [0.1, 0.15) is 24.8 Å². The van der Waals surface area contributed by atoms with E-state index in [4.69, 9.17) is 11.6 Å². The maximum absolute atomic E-state index is 12.5. The molecule has 0 bridgehead atoms. The van der Waals surface area contributed by atoms with Crippen molar-refractivity contribution in [1.29, 1.82) is 0 Å². The lowest BCUT2D eigenvalue weighted by Crippen LogP contribution is -2.42. The van der Waals surface area contributed by atoms with Gasteiger partial charge < -0.3 is 20.3 Å². The number of carboxylic acid groups (broad SMARTS) is 1. The van der Waals surface area contributed by atoms with Crippen molar-refractivity contribution in [2.45, 2.75) is 25.7 Å². The van der Waals surface area contributed by atoms with Crippen molar-refractivity contribution in [2.24, 2.45) is 11.3 Å². The summed E-state index contributed by atoms with van der Waals surface area (Å²) in [5.41, 5.74) is 1.39. The molecule has 1 aromatic carbocycles. The molecule has 26 heavy (non-hydrogen) atoms. The number of aromatic nitrogens is 1. The zero-order valence-electron chi connectivity index (χ0n) is 14.4. The van der Waals surface area contributed by atoms with Crippen molar-refractivity contribution in [3.63, 3.8) is 0 Å². The van der Waals surface area contributed by atoms with E-state index in [2.05, 4.69) is 10.3 Å². The van der Waals surface area contributed by atoms with Gasteiger partial charge in [-0.25, -0.2) is 4.79 Å². The second kappa shape index (κ2) is 6.50. The average molecular weight is 376 g/mol. The Morgan fingerprint density at radius 3 is 3.04 bits per heavy atom. The highest BCUT2D eigenvalue weighted by Gasteiger charge is 2.55. The second-order valence-electron chi connectivity index (χ2n) is 7.42. The summed E-state index contributed by atoms with van der Waals surface area (Å²) in [6, 6.07) is 5.53. The molecule has 1 saturated heterocycles. The third kappa shape index (κ3) is 2.82. The third-order valence-electron chi connectivity index (χ3n) is 5.98. The zero-order chi connectivity index (χ0) is 18.3. The fourth-order valence-electron chi connectivity index (χ4n) is 4.57. The lowest BCUT2D eigenvalue weighted by molar-refractivity contribution is -0.149. The first-order chi connectivity index (χ1) is 12.5. The molecule has 4 rings (SSSR count). The van der Waals surface area contributed by atoms with Crippen molar-refractivity contribution in [3.8, 4) is 0 Å². The molecule has 2 aliphatic rings. The van der Waals surface area contributed by atoms with Crippen LogP contribution in [-0.4, -0.2) is 46.6 Å². The number of nitrogens with one attached hydrogen (secondary N) is 2. The number of likely N-dealkylation sites (tertiary alicyclic amines) is 1. The lowest BCUT2D eigenvalue weighted by atomic mass is 9.81. The van der Waals surface area contributed by atoms with Crippen LogP contribution in [0.3, 0.4) is 0 Å². The summed E-state index contributed by atoms with van der Waals surface area (Å²) in [6.07, 6.45) is 5.13. The predicted molar refractivity (Wildman–Crippen MR) is 99.4 cm³/mol. The van der Waals surface area contributed by atoms with Gasteiger partial charge in [0.2, 0.25) is 0 Å². The van der Waals surface area contributed by atoms with Crippen LogP contribution < -0.4 is 5.32 Å². The quantitative estimate of drug-likeness (QED) is 0.766. The fraction of sp³-hybridized carbons (Fsp3) is 0.474. The molecule has 1 aliphatic carbocycles. The van der Waals surface area contributed by atoms with E-state index >= 15 is 0 Å². The van der Waals surface area contributed by atoms with Gasteiger partial charge in [0, 0.05) is 41.8 Å². The lowest BCUT2D eigenvalue weighted by Gasteiger charge is -2.23. The monoisotopic (exact) mass is 375 g/mol. The number of fused-ring (bicyclic) bond motifs is 2. The van der Waals surface area contributed by atoms with Gasteiger partial charge in [0.1, 0.15) is 0 Å². The normalized spacial score (nSPS) is 24.8. The van der Waals surface area contributed by atoms with Crippen LogP contribution >= 0.6 is 11.6 Å².